The Kier molecular flexibility index (Phi) is 7.17. The van der Waals surface area contributed by atoms with Crippen LogP contribution in [0.4, 0.5) is 17.1 Å². The Morgan fingerprint density at radius 2 is 0.945 bits per heavy atom. The number of para-hydroxylation sites is 4. The van der Waals surface area contributed by atoms with E-state index in [9.17, 15) is 0 Å². The van der Waals surface area contributed by atoms with Crippen molar-refractivity contribution < 1.29 is 4.42 Å². The highest BCUT2D eigenvalue weighted by molar-refractivity contribution is 6.19. The lowest BCUT2D eigenvalue weighted by molar-refractivity contribution is 0.672. The Morgan fingerprint density at radius 1 is 0.382 bits per heavy atom. The first kappa shape index (κ1) is 31.2. The topological polar surface area (TPSA) is 21.3 Å². The van der Waals surface area contributed by atoms with Crippen LogP contribution in [0.1, 0.15) is 0 Å². The zero-order valence-electron chi connectivity index (χ0n) is 29.9. The monoisotopic (exact) mass is 702 g/mol. The lowest BCUT2D eigenvalue weighted by atomic mass is 9.95. The summed E-state index contributed by atoms with van der Waals surface area (Å²) in [5.41, 5.74) is 13.3. The maximum Gasteiger partial charge on any atom is 0.143 e. The van der Waals surface area contributed by atoms with Crippen molar-refractivity contribution in [1.82, 2.24) is 4.57 Å². The van der Waals surface area contributed by atoms with E-state index in [4.69, 9.17) is 4.42 Å². The molecular weight excluding hydrogens is 669 g/mol. The summed E-state index contributed by atoms with van der Waals surface area (Å²) >= 11 is 0. The van der Waals surface area contributed by atoms with Gasteiger partial charge in [0.05, 0.1) is 16.7 Å². The molecule has 0 aliphatic heterocycles. The minimum absolute atomic E-state index is 0.908. The Balaban J connectivity index is 1.13. The van der Waals surface area contributed by atoms with Gasteiger partial charge in [0.2, 0.25) is 0 Å². The molecule has 0 amide bonds. The molecule has 55 heavy (non-hydrogen) atoms. The lowest BCUT2D eigenvalue weighted by Crippen LogP contribution is -2.11. The second kappa shape index (κ2) is 12.6. The van der Waals surface area contributed by atoms with E-state index in [1.807, 2.05) is 6.07 Å². The minimum atomic E-state index is 0.908. The fourth-order valence-corrected chi connectivity index (χ4v) is 8.46. The molecule has 9 aromatic carbocycles. The molecule has 0 radical (unpaired) electrons. The van der Waals surface area contributed by atoms with Gasteiger partial charge in [0, 0.05) is 44.0 Å². The highest BCUT2D eigenvalue weighted by Gasteiger charge is 2.22. The first-order valence-electron chi connectivity index (χ1n) is 18.8. The van der Waals surface area contributed by atoms with Crippen LogP contribution in [0.5, 0.6) is 0 Å². The molecule has 0 fully saturated rings. The number of hydrogen-bond donors (Lipinski definition) is 0. The highest BCUT2D eigenvalue weighted by atomic mass is 16.3. The molecule has 2 heterocycles. The molecule has 0 spiro atoms. The first-order chi connectivity index (χ1) is 27.3. The number of nitrogens with zero attached hydrogens (tertiary/aromatic N) is 2. The van der Waals surface area contributed by atoms with Crippen LogP contribution in [0.2, 0.25) is 0 Å². The molecule has 0 saturated heterocycles. The van der Waals surface area contributed by atoms with Gasteiger partial charge in [-0.3, -0.25) is 0 Å². The molecule has 3 heteroatoms. The first-order valence-corrected chi connectivity index (χ1v) is 18.8. The number of aromatic nitrogens is 1. The second-order valence-corrected chi connectivity index (χ2v) is 14.1. The fraction of sp³-hybridized carbons (Fsp3) is 0. The standard InChI is InChI=1S/C52H34N2O/c1-3-14-35(15-4-1)36-26-30-39(31-27-36)53(49-24-13-22-44-42-19-9-11-23-48(42)54(51(44)49)38-16-5-2-6-17-38)40-32-28-37(29-33-40)46-34-47-43-20-10-12-25-50(43)55-52(47)45-21-8-7-18-41(45)46/h1-34H. The van der Waals surface area contributed by atoms with Gasteiger partial charge in [0.1, 0.15) is 11.2 Å². The Bertz CT molecular complexity index is 3180. The quantitative estimate of drug-likeness (QED) is 0.172. The van der Waals surface area contributed by atoms with Gasteiger partial charge in [-0.05, 0) is 88.3 Å². The van der Waals surface area contributed by atoms with Crippen molar-refractivity contribution in [3.8, 4) is 27.9 Å². The van der Waals surface area contributed by atoms with Crippen LogP contribution in [0.25, 0.3) is 82.5 Å². The van der Waals surface area contributed by atoms with Gasteiger partial charge in [-0.15, -0.1) is 0 Å². The van der Waals surface area contributed by atoms with Crippen molar-refractivity contribution in [1.29, 1.82) is 0 Å². The third-order valence-corrected chi connectivity index (χ3v) is 11.0. The number of furan rings is 1. The van der Waals surface area contributed by atoms with Gasteiger partial charge in [-0.1, -0.05) is 146 Å². The fourth-order valence-electron chi connectivity index (χ4n) is 8.46. The molecule has 0 atom stereocenters. The Morgan fingerprint density at radius 3 is 1.69 bits per heavy atom. The van der Waals surface area contributed by atoms with Crippen LogP contribution < -0.4 is 4.90 Å². The minimum Gasteiger partial charge on any atom is -0.455 e. The average Bonchev–Trinajstić information content (AvgIpc) is 3.81. The summed E-state index contributed by atoms with van der Waals surface area (Å²) in [5, 5.41) is 7.00. The summed E-state index contributed by atoms with van der Waals surface area (Å²) < 4.78 is 8.84. The molecule has 0 bridgehead atoms. The predicted molar refractivity (Wildman–Crippen MR) is 231 cm³/mol. The third-order valence-electron chi connectivity index (χ3n) is 11.0. The molecule has 2 aromatic heterocycles. The number of anilines is 3. The van der Waals surface area contributed by atoms with Gasteiger partial charge >= 0.3 is 0 Å². The summed E-state index contributed by atoms with van der Waals surface area (Å²) in [7, 11) is 0. The van der Waals surface area contributed by atoms with E-state index in [1.54, 1.807) is 0 Å². The van der Waals surface area contributed by atoms with E-state index in [0.717, 1.165) is 61.2 Å². The summed E-state index contributed by atoms with van der Waals surface area (Å²) in [4.78, 5) is 2.41. The van der Waals surface area contributed by atoms with Crippen molar-refractivity contribution in [2.45, 2.75) is 0 Å². The molecule has 3 nitrogen and oxygen atoms in total. The highest BCUT2D eigenvalue weighted by Crippen LogP contribution is 2.45. The van der Waals surface area contributed by atoms with E-state index >= 15 is 0 Å². The van der Waals surface area contributed by atoms with Gasteiger partial charge < -0.3 is 13.9 Å². The Hall–Kier alpha value is -7.36. The van der Waals surface area contributed by atoms with E-state index in [0.29, 0.717) is 0 Å². The van der Waals surface area contributed by atoms with Crippen LogP contribution in [0.3, 0.4) is 0 Å². The van der Waals surface area contributed by atoms with E-state index in [1.165, 1.54) is 38.4 Å². The van der Waals surface area contributed by atoms with Crippen LogP contribution in [-0.4, -0.2) is 4.57 Å². The molecular formula is C52H34N2O. The van der Waals surface area contributed by atoms with Gasteiger partial charge in [0.15, 0.2) is 0 Å². The van der Waals surface area contributed by atoms with Crippen molar-refractivity contribution in [3.05, 3.63) is 206 Å². The summed E-state index contributed by atoms with van der Waals surface area (Å²) in [5.74, 6) is 0. The smallest absolute Gasteiger partial charge is 0.143 e. The van der Waals surface area contributed by atoms with Gasteiger partial charge in [-0.25, -0.2) is 0 Å². The van der Waals surface area contributed by atoms with E-state index in [2.05, 4.69) is 210 Å². The average molecular weight is 703 g/mol. The summed E-state index contributed by atoms with van der Waals surface area (Å²) in [6.07, 6.45) is 0. The third kappa shape index (κ3) is 5.05. The zero-order chi connectivity index (χ0) is 36.3. The predicted octanol–water partition coefficient (Wildman–Crippen LogP) is 14.6. The van der Waals surface area contributed by atoms with Crippen molar-refractivity contribution in [2.75, 3.05) is 4.90 Å². The maximum atomic E-state index is 6.43. The van der Waals surface area contributed by atoms with Gasteiger partial charge in [0.25, 0.3) is 0 Å². The lowest BCUT2D eigenvalue weighted by Gasteiger charge is -2.27. The largest absolute Gasteiger partial charge is 0.455 e. The van der Waals surface area contributed by atoms with Gasteiger partial charge in [-0.2, -0.15) is 0 Å². The molecule has 0 saturated carbocycles. The summed E-state index contributed by atoms with van der Waals surface area (Å²) in [6, 6.07) is 73.9. The molecule has 11 rings (SSSR count). The van der Waals surface area contributed by atoms with Crippen LogP contribution in [0.15, 0.2) is 211 Å². The number of benzene rings is 9. The van der Waals surface area contributed by atoms with Crippen LogP contribution in [-0.2, 0) is 0 Å². The van der Waals surface area contributed by atoms with Crippen molar-refractivity contribution in [2.24, 2.45) is 0 Å². The van der Waals surface area contributed by atoms with Crippen LogP contribution >= 0.6 is 0 Å². The summed E-state index contributed by atoms with van der Waals surface area (Å²) in [6.45, 7) is 0. The second-order valence-electron chi connectivity index (χ2n) is 14.1. The van der Waals surface area contributed by atoms with Crippen LogP contribution in [0, 0.1) is 0 Å². The molecule has 0 unspecified atom stereocenters. The molecule has 0 aliphatic carbocycles. The van der Waals surface area contributed by atoms with E-state index in [-0.39, 0.29) is 0 Å². The number of rotatable bonds is 6. The molecule has 0 aliphatic rings. The molecule has 258 valence electrons. The van der Waals surface area contributed by atoms with Crippen molar-refractivity contribution >= 4 is 71.6 Å². The maximum absolute atomic E-state index is 6.43. The number of fused-ring (bicyclic) bond motifs is 8. The SMILES string of the molecule is c1ccc(-c2ccc(N(c3ccc(-c4cc5c6ccccc6oc5c5ccccc45)cc3)c3cccc4c5ccccc5n(-c5ccccc5)c34)cc2)cc1. The Labute approximate surface area is 318 Å². The number of hydrogen-bond acceptors (Lipinski definition) is 2. The molecule has 11 aromatic rings. The zero-order valence-corrected chi connectivity index (χ0v) is 29.9. The van der Waals surface area contributed by atoms with Crippen molar-refractivity contribution in [3.63, 3.8) is 0 Å². The normalized spacial score (nSPS) is 11.6. The van der Waals surface area contributed by atoms with E-state index < -0.39 is 0 Å². The molecule has 0 N–H and O–H groups in total.